The Morgan fingerprint density at radius 3 is 2.62 bits per heavy atom. The zero-order chi connectivity index (χ0) is 18.1. The van der Waals surface area contributed by atoms with Gasteiger partial charge in [0.15, 0.2) is 0 Å². The minimum absolute atomic E-state index is 0.112. The van der Waals surface area contributed by atoms with E-state index in [0.717, 1.165) is 32.0 Å². The fourth-order valence-corrected chi connectivity index (χ4v) is 3.55. The van der Waals surface area contributed by atoms with Gasteiger partial charge in [0, 0.05) is 49.2 Å². The molecule has 8 nitrogen and oxygen atoms in total. The molecule has 26 heavy (non-hydrogen) atoms. The molecule has 4 rings (SSSR count). The predicted octanol–water partition coefficient (Wildman–Crippen LogP) is 2.14. The molecule has 2 heterocycles. The fourth-order valence-electron chi connectivity index (χ4n) is 3.55. The highest BCUT2D eigenvalue weighted by Gasteiger charge is 2.32. The molecule has 0 spiro atoms. The molecule has 0 atom stereocenters. The van der Waals surface area contributed by atoms with E-state index in [2.05, 4.69) is 15.2 Å². The SMILES string of the molecule is O=C(NC1CCN(C2CC2)CC1)c1ccc(-n2ccnc2)c([N+](=O)[O-])c1. The number of nitrogens with zero attached hydrogens (tertiary/aromatic N) is 4. The number of amides is 1. The maximum atomic E-state index is 12.5. The maximum Gasteiger partial charge on any atom is 0.294 e. The van der Waals surface area contributed by atoms with Gasteiger partial charge in [0.05, 0.1) is 11.3 Å². The lowest BCUT2D eigenvalue weighted by Crippen LogP contribution is -2.45. The van der Waals surface area contributed by atoms with Crippen molar-refractivity contribution >= 4 is 11.6 Å². The third-order valence-electron chi connectivity index (χ3n) is 5.14. The summed E-state index contributed by atoms with van der Waals surface area (Å²) in [5, 5.41) is 14.5. The van der Waals surface area contributed by atoms with Gasteiger partial charge in [0.2, 0.25) is 0 Å². The van der Waals surface area contributed by atoms with Crippen LogP contribution in [0.2, 0.25) is 0 Å². The molecule has 1 saturated heterocycles. The third-order valence-corrected chi connectivity index (χ3v) is 5.14. The topological polar surface area (TPSA) is 93.3 Å². The summed E-state index contributed by atoms with van der Waals surface area (Å²) in [5.41, 5.74) is 0.589. The Hall–Kier alpha value is -2.74. The molecule has 1 aliphatic carbocycles. The van der Waals surface area contributed by atoms with Gasteiger partial charge in [-0.15, -0.1) is 0 Å². The van der Waals surface area contributed by atoms with Crippen molar-refractivity contribution in [1.82, 2.24) is 19.8 Å². The molecule has 2 aromatic rings. The molecule has 0 bridgehead atoms. The molecule has 1 aliphatic heterocycles. The van der Waals surface area contributed by atoms with Crippen molar-refractivity contribution in [2.75, 3.05) is 13.1 Å². The van der Waals surface area contributed by atoms with Crippen LogP contribution >= 0.6 is 0 Å². The normalized spacial score (nSPS) is 18.6. The second kappa shape index (κ2) is 6.87. The average molecular weight is 355 g/mol. The number of rotatable bonds is 5. The number of hydrogen-bond donors (Lipinski definition) is 1. The Morgan fingerprint density at radius 1 is 1.23 bits per heavy atom. The number of aromatic nitrogens is 2. The number of nitrogens with one attached hydrogen (secondary N) is 1. The predicted molar refractivity (Wildman–Crippen MR) is 95.3 cm³/mol. The Balaban J connectivity index is 1.46. The van der Waals surface area contributed by atoms with Crippen LogP contribution in [0.15, 0.2) is 36.9 Å². The van der Waals surface area contributed by atoms with E-state index < -0.39 is 4.92 Å². The van der Waals surface area contributed by atoms with E-state index in [4.69, 9.17) is 0 Å². The van der Waals surface area contributed by atoms with Crippen molar-refractivity contribution < 1.29 is 9.72 Å². The molecule has 8 heteroatoms. The standard InChI is InChI=1S/C18H21N5O3/c24-18(20-14-5-8-21(9-6-14)15-2-3-15)13-1-4-16(17(11-13)23(25)26)22-10-7-19-12-22/h1,4,7,10-12,14-15H,2-3,5-6,8-9H2,(H,20,24). The summed E-state index contributed by atoms with van der Waals surface area (Å²) < 4.78 is 1.56. The average Bonchev–Trinajstić information content (AvgIpc) is 3.36. The quantitative estimate of drug-likeness (QED) is 0.655. The number of carbonyl (C=O) groups is 1. The van der Waals surface area contributed by atoms with Crippen molar-refractivity contribution in [2.45, 2.75) is 37.8 Å². The first-order valence-electron chi connectivity index (χ1n) is 8.93. The highest BCUT2D eigenvalue weighted by Crippen LogP contribution is 2.29. The number of benzene rings is 1. The molecule has 1 amide bonds. The number of likely N-dealkylation sites (tertiary alicyclic amines) is 1. The highest BCUT2D eigenvalue weighted by molar-refractivity contribution is 5.95. The van der Waals surface area contributed by atoms with Crippen molar-refractivity contribution in [2.24, 2.45) is 0 Å². The molecule has 1 aromatic heterocycles. The zero-order valence-corrected chi connectivity index (χ0v) is 14.4. The number of imidazole rings is 1. The number of piperidine rings is 1. The lowest BCUT2D eigenvalue weighted by molar-refractivity contribution is -0.384. The molecule has 2 fully saturated rings. The van der Waals surface area contributed by atoms with Gasteiger partial charge in [-0.25, -0.2) is 4.98 Å². The van der Waals surface area contributed by atoms with Crippen LogP contribution in [0.5, 0.6) is 0 Å². The van der Waals surface area contributed by atoms with Gasteiger partial charge in [-0.3, -0.25) is 14.9 Å². The summed E-state index contributed by atoms with van der Waals surface area (Å²) in [7, 11) is 0. The third kappa shape index (κ3) is 3.45. The van der Waals surface area contributed by atoms with Crippen LogP contribution in [-0.2, 0) is 0 Å². The van der Waals surface area contributed by atoms with Gasteiger partial charge >= 0.3 is 0 Å². The maximum absolute atomic E-state index is 12.5. The summed E-state index contributed by atoms with van der Waals surface area (Å²) in [6, 6.07) is 5.43. The molecule has 1 saturated carbocycles. The largest absolute Gasteiger partial charge is 0.349 e. The first-order valence-corrected chi connectivity index (χ1v) is 8.93. The second-order valence-electron chi connectivity index (χ2n) is 6.95. The zero-order valence-electron chi connectivity index (χ0n) is 14.4. The molecule has 136 valence electrons. The van der Waals surface area contributed by atoms with E-state index in [1.165, 1.54) is 25.2 Å². The van der Waals surface area contributed by atoms with E-state index in [9.17, 15) is 14.9 Å². The van der Waals surface area contributed by atoms with Gasteiger partial charge < -0.3 is 14.8 Å². The number of nitro groups is 1. The van der Waals surface area contributed by atoms with Crippen molar-refractivity contribution in [1.29, 1.82) is 0 Å². The molecule has 1 N–H and O–H groups in total. The van der Waals surface area contributed by atoms with Crippen LogP contribution in [0.3, 0.4) is 0 Å². The van der Waals surface area contributed by atoms with Gasteiger partial charge in [-0.05, 0) is 37.8 Å². The monoisotopic (exact) mass is 355 g/mol. The molecular formula is C18H21N5O3. The van der Waals surface area contributed by atoms with Gasteiger partial charge in [-0.2, -0.15) is 0 Å². The van der Waals surface area contributed by atoms with E-state index in [0.29, 0.717) is 11.3 Å². The Morgan fingerprint density at radius 2 is 2.00 bits per heavy atom. The van der Waals surface area contributed by atoms with E-state index in [1.807, 2.05) is 0 Å². The highest BCUT2D eigenvalue weighted by atomic mass is 16.6. The van der Waals surface area contributed by atoms with Crippen LogP contribution < -0.4 is 5.32 Å². The summed E-state index contributed by atoms with van der Waals surface area (Å²) >= 11 is 0. The molecular weight excluding hydrogens is 334 g/mol. The summed E-state index contributed by atoms with van der Waals surface area (Å²) in [6.45, 7) is 2.02. The molecule has 0 radical (unpaired) electrons. The molecule has 0 unspecified atom stereocenters. The van der Waals surface area contributed by atoms with Crippen molar-refractivity contribution in [3.05, 3.63) is 52.6 Å². The van der Waals surface area contributed by atoms with Gasteiger partial charge in [0.1, 0.15) is 5.69 Å². The minimum Gasteiger partial charge on any atom is -0.349 e. The Labute approximate surface area is 151 Å². The van der Waals surface area contributed by atoms with Crippen molar-refractivity contribution in [3.63, 3.8) is 0 Å². The second-order valence-corrected chi connectivity index (χ2v) is 6.95. The van der Waals surface area contributed by atoms with Gasteiger partial charge in [0.25, 0.3) is 11.6 Å². The first kappa shape index (κ1) is 16.7. The first-order chi connectivity index (χ1) is 12.6. The minimum atomic E-state index is -0.472. The van der Waals surface area contributed by atoms with Crippen LogP contribution in [-0.4, -0.2) is 50.5 Å². The van der Waals surface area contributed by atoms with E-state index in [-0.39, 0.29) is 17.6 Å². The van der Waals surface area contributed by atoms with Crippen LogP contribution in [0.25, 0.3) is 5.69 Å². The lowest BCUT2D eigenvalue weighted by Gasteiger charge is -2.32. The Bertz CT molecular complexity index is 808. The summed E-state index contributed by atoms with van der Waals surface area (Å²) in [6.07, 6.45) is 9.13. The smallest absolute Gasteiger partial charge is 0.294 e. The van der Waals surface area contributed by atoms with Crippen LogP contribution in [0.4, 0.5) is 5.69 Å². The van der Waals surface area contributed by atoms with E-state index >= 15 is 0 Å². The summed E-state index contributed by atoms with van der Waals surface area (Å²) in [5.74, 6) is -0.254. The fraction of sp³-hybridized carbons (Fsp3) is 0.444. The van der Waals surface area contributed by atoms with Crippen LogP contribution in [0, 0.1) is 10.1 Å². The lowest BCUT2D eigenvalue weighted by atomic mass is 10.0. The van der Waals surface area contributed by atoms with Crippen LogP contribution in [0.1, 0.15) is 36.0 Å². The number of carbonyl (C=O) groups excluding carboxylic acids is 1. The van der Waals surface area contributed by atoms with Gasteiger partial charge in [-0.1, -0.05) is 0 Å². The number of nitro benzene ring substituents is 1. The van der Waals surface area contributed by atoms with E-state index in [1.54, 1.807) is 29.1 Å². The molecule has 1 aromatic carbocycles. The Kier molecular flexibility index (Phi) is 4.42. The molecule has 2 aliphatic rings. The number of hydrogen-bond acceptors (Lipinski definition) is 5. The summed E-state index contributed by atoms with van der Waals surface area (Å²) in [4.78, 5) is 29.9. The van der Waals surface area contributed by atoms with Crippen molar-refractivity contribution in [3.8, 4) is 5.69 Å².